The zero-order chi connectivity index (χ0) is 19.6. The maximum atomic E-state index is 13.0. The first-order valence-electron chi connectivity index (χ1n) is 9.12. The Labute approximate surface area is 164 Å². The highest BCUT2D eigenvalue weighted by Gasteiger charge is 2.33. The van der Waals surface area contributed by atoms with E-state index in [-0.39, 0.29) is 18.4 Å². The van der Waals surface area contributed by atoms with Gasteiger partial charge in [-0.3, -0.25) is 14.5 Å². The first kappa shape index (κ1) is 19.2. The van der Waals surface area contributed by atoms with Gasteiger partial charge in [0.1, 0.15) is 11.8 Å². The highest BCUT2D eigenvalue weighted by molar-refractivity contribution is 6.31. The maximum absolute atomic E-state index is 13.0. The predicted octanol–water partition coefficient (Wildman–Crippen LogP) is 4.22. The molecule has 1 aliphatic rings. The summed E-state index contributed by atoms with van der Waals surface area (Å²) in [6.07, 6.45) is 1.62. The zero-order valence-electron chi connectivity index (χ0n) is 15.7. The van der Waals surface area contributed by atoms with E-state index in [0.717, 1.165) is 29.7 Å². The fourth-order valence-electron chi connectivity index (χ4n) is 3.32. The Bertz CT molecular complexity index is 859. The van der Waals surface area contributed by atoms with E-state index < -0.39 is 6.04 Å². The van der Waals surface area contributed by atoms with Gasteiger partial charge in [-0.25, -0.2) is 0 Å². The molecule has 27 heavy (non-hydrogen) atoms. The van der Waals surface area contributed by atoms with Crippen molar-refractivity contribution in [3.8, 4) is 5.75 Å². The number of amides is 2. The van der Waals surface area contributed by atoms with Gasteiger partial charge >= 0.3 is 0 Å². The molecule has 6 heteroatoms. The molecule has 0 bridgehead atoms. The van der Waals surface area contributed by atoms with Crippen molar-refractivity contribution in [2.75, 3.05) is 16.8 Å². The molecule has 0 aliphatic carbocycles. The lowest BCUT2D eigenvalue weighted by atomic mass is 10.0. The summed E-state index contributed by atoms with van der Waals surface area (Å²) >= 11 is 6.09. The Morgan fingerprint density at radius 3 is 2.52 bits per heavy atom. The van der Waals surface area contributed by atoms with Gasteiger partial charge in [-0.15, -0.1) is 0 Å². The van der Waals surface area contributed by atoms with Gasteiger partial charge in [-0.1, -0.05) is 43.6 Å². The van der Waals surface area contributed by atoms with E-state index in [2.05, 4.69) is 19.2 Å². The Kier molecular flexibility index (Phi) is 5.71. The van der Waals surface area contributed by atoms with Gasteiger partial charge in [-0.05, 0) is 49.1 Å². The fourth-order valence-corrected chi connectivity index (χ4v) is 3.48. The Morgan fingerprint density at radius 2 is 1.89 bits per heavy atom. The van der Waals surface area contributed by atoms with E-state index in [4.69, 9.17) is 16.3 Å². The summed E-state index contributed by atoms with van der Waals surface area (Å²) in [4.78, 5) is 27.0. The number of rotatable bonds is 5. The van der Waals surface area contributed by atoms with Crippen molar-refractivity contribution in [3.63, 3.8) is 0 Å². The van der Waals surface area contributed by atoms with Gasteiger partial charge in [0.15, 0.2) is 6.61 Å². The maximum Gasteiger partial charge on any atom is 0.265 e. The Hall–Kier alpha value is -2.53. The number of hydrogen-bond acceptors (Lipinski definition) is 3. The Balaban J connectivity index is 1.91. The molecule has 2 aromatic carbocycles. The summed E-state index contributed by atoms with van der Waals surface area (Å²) < 4.78 is 5.46. The van der Waals surface area contributed by atoms with Crippen LogP contribution in [0.25, 0.3) is 0 Å². The van der Waals surface area contributed by atoms with Gasteiger partial charge in [0.25, 0.3) is 5.91 Å². The molecular weight excluding hydrogens is 364 g/mol. The number of nitrogens with zero attached hydrogens (tertiary/aromatic N) is 1. The number of benzene rings is 2. The van der Waals surface area contributed by atoms with E-state index in [1.54, 1.807) is 25.1 Å². The monoisotopic (exact) mass is 386 g/mol. The minimum absolute atomic E-state index is 0.0992. The van der Waals surface area contributed by atoms with E-state index in [1.807, 2.05) is 18.2 Å². The van der Waals surface area contributed by atoms with Crippen molar-refractivity contribution >= 4 is 34.8 Å². The van der Waals surface area contributed by atoms with Crippen LogP contribution in [0.5, 0.6) is 5.75 Å². The van der Waals surface area contributed by atoms with Gasteiger partial charge < -0.3 is 10.1 Å². The van der Waals surface area contributed by atoms with Crippen LogP contribution in [0.15, 0.2) is 36.4 Å². The molecule has 2 amide bonds. The molecule has 1 heterocycles. The number of fused-ring (bicyclic) bond motifs is 1. The summed E-state index contributed by atoms with van der Waals surface area (Å²) in [6, 6.07) is 10.4. The van der Waals surface area contributed by atoms with E-state index in [0.29, 0.717) is 16.5 Å². The SMILES string of the molecule is CCc1cccc(CC)c1NC(=O)C(C)N1C(=O)COc2ccc(Cl)cc21. The lowest BCUT2D eigenvalue weighted by Crippen LogP contribution is -2.49. The van der Waals surface area contributed by atoms with Gasteiger partial charge in [0, 0.05) is 10.7 Å². The standard InChI is InChI=1S/C21H23ClN2O3/c1-4-14-7-6-8-15(5-2)20(14)23-21(26)13(3)24-17-11-16(22)9-10-18(17)27-12-19(24)25/h6-11,13H,4-5,12H2,1-3H3,(H,23,26). The molecule has 0 saturated heterocycles. The molecule has 1 aliphatic heterocycles. The van der Waals surface area contributed by atoms with Crippen LogP contribution in [0, 0.1) is 0 Å². The molecule has 0 fully saturated rings. The van der Waals surface area contributed by atoms with Crippen molar-refractivity contribution in [2.45, 2.75) is 39.7 Å². The second-order valence-electron chi connectivity index (χ2n) is 6.49. The first-order chi connectivity index (χ1) is 13.0. The third-order valence-corrected chi connectivity index (χ3v) is 5.05. The Morgan fingerprint density at radius 1 is 1.22 bits per heavy atom. The number of carbonyl (C=O) groups is 2. The van der Waals surface area contributed by atoms with Crippen molar-refractivity contribution in [2.24, 2.45) is 0 Å². The lowest BCUT2D eigenvalue weighted by Gasteiger charge is -2.33. The van der Waals surface area contributed by atoms with Crippen molar-refractivity contribution < 1.29 is 14.3 Å². The largest absolute Gasteiger partial charge is 0.482 e. The molecule has 1 atom stereocenters. The second kappa shape index (κ2) is 8.01. The highest BCUT2D eigenvalue weighted by atomic mass is 35.5. The minimum Gasteiger partial charge on any atom is -0.482 e. The number of hydrogen-bond donors (Lipinski definition) is 1. The van der Waals surface area contributed by atoms with E-state index in [9.17, 15) is 9.59 Å². The van der Waals surface area contributed by atoms with Crippen LogP contribution >= 0.6 is 11.6 Å². The number of halogens is 1. The molecule has 0 radical (unpaired) electrons. The summed E-state index contributed by atoms with van der Waals surface area (Å²) in [5.41, 5.74) is 3.51. The fraction of sp³-hybridized carbons (Fsp3) is 0.333. The normalized spacial score (nSPS) is 14.4. The minimum atomic E-state index is -0.701. The van der Waals surface area contributed by atoms with Crippen LogP contribution in [0.2, 0.25) is 5.02 Å². The number of nitrogens with one attached hydrogen (secondary N) is 1. The van der Waals surface area contributed by atoms with Gasteiger partial charge in [0.2, 0.25) is 5.91 Å². The molecule has 2 aromatic rings. The molecule has 5 nitrogen and oxygen atoms in total. The molecule has 142 valence electrons. The van der Waals surface area contributed by atoms with Gasteiger partial charge in [-0.2, -0.15) is 0 Å². The predicted molar refractivity (Wildman–Crippen MR) is 108 cm³/mol. The van der Waals surface area contributed by atoms with Crippen LogP contribution in [-0.4, -0.2) is 24.5 Å². The average molecular weight is 387 g/mol. The summed E-state index contributed by atoms with van der Waals surface area (Å²) in [7, 11) is 0. The van der Waals surface area contributed by atoms with Crippen molar-refractivity contribution in [3.05, 3.63) is 52.5 Å². The highest BCUT2D eigenvalue weighted by Crippen LogP contribution is 2.36. The van der Waals surface area contributed by atoms with Crippen LogP contribution in [0.3, 0.4) is 0 Å². The zero-order valence-corrected chi connectivity index (χ0v) is 16.5. The number of anilines is 2. The molecule has 3 rings (SSSR count). The average Bonchev–Trinajstić information content (AvgIpc) is 2.67. The van der Waals surface area contributed by atoms with Gasteiger partial charge in [0.05, 0.1) is 5.69 Å². The summed E-state index contributed by atoms with van der Waals surface area (Å²) in [5, 5.41) is 3.52. The van der Waals surface area contributed by atoms with Crippen molar-refractivity contribution in [1.82, 2.24) is 0 Å². The molecule has 1 N–H and O–H groups in total. The summed E-state index contributed by atoms with van der Waals surface area (Å²) in [6.45, 7) is 5.72. The quantitative estimate of drug-likeness (QED) is 0.837. The number of ether oxygens (including phenoxy) is 1. The first-order valence-corrected chi connectivity index (χ1v) is 9.50. The second-order valence-corrected chi connectivity index (χ2v) is 6.92. The van der Waals surface area contributed by atoms with Crippen LogP contribution < -0.4 is 15.0 Å². The lowest BCUT2D eigenvalue weighted by molar-refractivity contribution is -0.125. The summed E-state index contributed by atoms with van der Waals surface area (Å²) in [5.74, 6) is 0.0283. The van der Waals surface area contributed by atoms with Crippen LogP contribution in [0.1, 0.15) is 31.9 Å². The molecule has 1 unspecified atom stereocenters. The smallest absolute Gasteiger partial charge is 0.265 e. The topological polar surface area (TPSA) is 58.6 Å². The van der Waals surface area contributed by atoms with Crippen LogP contribution in [-0.2, 0) is 22.4 Å². The van der Waals surface area contributed by atoms with E-state index >= 15 is 0 Å². The van der Waals surface area contributed by atoms with Crippen molar-refractivity contribution in [1.29, 1.82) is 0 Å². The number of aryl methyl sites for hydroxylation is 2. The molecule has 0 aromatic heterocycles. The number of para-hydroxylation sites is 1. The molecule has 0 spiro atoms. The third-order valence-electron chi connectivity index (χ3n) is 4.81. The van der Waals surface area contributed by atoms with Crippen LogP contribution in [0.4, 0.5) is 11.4 Å². The van der Waals surface area contributed by atoms with E-state index in [1.165, 1.54) is 4.90 Å². The third kappa shape index (κ3) is 3.78. The molecule has 0 saturated carbocycles. The number of carbonyl (C=O) groups excluding carboxylic acids is 2. The molecular formula is C21H23ClN2O3.